The minimum absolute atomic E-state index is 0.00977. The Balaban J connectivity index is 1.95. The quantitative estimate of drug-likeness (QED) is 0.728. The molecule has 0 aliphatic rings. The molecular weight excluding hydrogens is 200 g/mol. The van der Waals surface area contributed by atoms with E-state index in [1.165, 1.54) is 0 Å². The van der Waals surface area contributed by atoms with Crippen LogP contribution in [0.25, 0.3) is 0 Å². The van der Waals surface area contributed by atoms with Crippen molar-refractivity contribution >= 4 is 5.78 Å². The summed E-state index contributed by atoms with van der Waals surface area (Å²) in [4.78, 5) is 11.7. The third kappa shape index (κ3) is 2.70. The highest BCUT2D eigenvalue weighted by Crippen LogP contribution is 2.09. The summed E-state index contributed by atoms with van der Waals surface area (Å²) < 4.78 is 5.37. The first-order valence-corrected chi connectivity index (χ1v) is 5.12. The van der Waals surface area contributed by atoms with Crippen LogP contribution in [0.1, 0.15) is 10.4 Å². The number of hydrogen-bond acceptors (Lipinski definition) is 2. The molecule has 0 fully saturated rings. The zero-order chi connectivity index (χ0) is 11.2. The number of benzene rings is 2. The zero-order valence-corrected chi connectivity index (χ0v) is 8.80. The number of Topliss-reactive ketones (excluding diaryl/α,β-unsaturated/α-hetero) is 1. The first-order chi connectivity index (χ1) is 7.86. The van der Waals surface area contributed by atoms with Crippen molar-refractivity contribution in [1.29, 1.82) is 0 Å². The van der Waals surface area contributed by atoms with Gasteiger partial charge in [0.2, 0.25) is 0 Å². The van der Waals surface area contributed by atoms with E-state index in [0.717, 1.165) is 0 Å². The Morgan fingerprint density at radius 3 is 2.06 bits per heavy atom. The lowest BCUT2D eigenvalue weighted by atomic mass is 10.1. The highest BCUT2D eigenvalue weighted by molar-refractivity contribution is 5.97. The number of ketones is 1. The molecule has 2 nitrogen and oxygen atoms in total. The number of ether oxygens (including phenoxy) is 1. The standard InChI is InChI=1S/C14H12O2/c15-14(12-7-3-1-4-8-12)11-16-13-9-5-2-6-10-13/h1-10H,11H2. The molecule has 0 N–H and O–H groups in total. The maximum absolute atomic E-state index is 11.7. The summed E-state index contributed by atoms with van der Waals surface area (Å²) >= 11 is 0. The van der Waals surface area contributed by atoms with Crippen LogP contribution >= 0.6 is 0 Å². The lowest BCUT2D eigenvalue weighted by Gasteiger charge is -2.04. The lowest BCUT2D eigenvalue weighted by Crippen LogP contribution is -2.11. The normalized spacial score (nSPS) is 9.75. The first-order valence-electron chi connectivity index (χ1n) is 5.12. The molecule has 0 spiro atoms. The van der Waals surface area contributed by atoms with E-state index in [-0.39, 0.29) is 12.4 Å². The van der Waals surface area contributed by atoms with Gasteiger partial charge in [0.1, 0.15) is 5.75 Å². The molecule has 0 unspecified atom stereocenters. The summed E-state index contributed by atoms with van der Waals surface area (Å²) in [5, 5.41) is 0. The Bertz CT molecular complexity index is 449. The van der Waals surface area contributed by atoms with E-state index in [4.69, 9.17) is 4.74 Å². The predicted molar refractivity (Wildman–Crippen MR) is 62.7 cm³/mol. The Morgan fingerprint density at radius 2 is 1.44 bits per heavy atom. The second-order valence-electron chi connectivity index (χ2n) is 3.39. The summed E-state index contributed by atoms with van der Waals surface area (Å²) in [5.41, 5.74) is 0.679. The summed E-state index contributed by atoms with van der Waals surface area (Å²) in [6.45, 7) is 0.0774. The van der Waals surface area contributed by atoms with Gasteiger partial charge in [-0.15, -0.1) is 0 Å². The molecule has 0 bridgehead atoms. The predicted octanol–water partition coefficient (Wildman–Crippen LogP) is 2.95. The van der Waals surface area contributed by atoms with Gasteiger partial charge in [0, 0.05) is 5.56 Å². The Kier molecular flexibility index (Phi) is 3.34. The van der Waals surface area contributed by atoms with E-state index in [1.807, 2.05) is 48.5 Å². The third-order valence-corrected chi connectivity index (χ3v) is 2.21. The van der Waals surface area contributed by atoms with E-state index >= 15 is 0 Å². The van der Waals surface area contributed by atoms with Gasteiger partial charge in [-0.25, -0.2) is 0 Å². The van der Waals surface area contributed by atoms with Crippen molar-refractivity contribution in [1.82, 2.24) is 0 Å². The fourth-order valence-corrected chi connectivity index (χ4v) is 1.37. The second kappa shape index (κ2) is 5.12. The minimum Gasteiger partial charge on any atom is -0.485 e. The zero-order valence-electron chi connectivity index (χ0n) is 8.80. The number of carbonyl (C=O) groups excluding carboxylic acids is 1. The minimum atomic E-state index is -0.00977. The first kappa shape index (κ1) is 10.4. The SMILES string of the molecule is O=C(COc1ccccc1)c1ccccc1. The monoisotopic (exact) mass is 212 g/mol. The van der Waals surface area contributed by atoms with E-state index in [9.17, 15) is 4.79 Å². The smallest absolute Gasteiger partial charge is 0.200 e. The van der Waals surface area contributed by atoms with Crippen LogP contribution < -0.4 is 4.74 Å². The summed E-state index contributed by atoms with van der Waals surface area (Å²) in [6, 6.07) is 18.5. The third-order valence-electron chi connectivity index (χ3n) is 2.21. The average molecular weight is 212 g/mol. The van der Waals surface area contributed by atoms with E-state index in [2.05, 4.69) is 0 Å². The molecule has 0 heterocycles. The van der Waals surface area contributed by atoms with Crippen molar-refractivity contribution in [3.8, 4) is 5.75 Å². The Labute approximate surface area is 94.5 Å². The molecule has 16 heavy (non-hydrogen) atoms. The van der Waals surface area contributed by atoms with Crippen LogP contribution in [0.2, 0.25) is 0 Å². The maximum Gasteiger partial charge on any atom is 0.200 e. The average Bonchev–Trinajstić information content (AvgIpc) is 2.38. The molecule has 0 saturated carbocycles. The molecule has 2 aromatic rings. The van der Waals surface area contributed by atoms with E-state index in [0.29, 0.717) is 11.3 Å². The number of hydrogen-bond donors (Lipinski definition) is 0. The molecule has 0 radical (unpaired) electrons. The molecule has 0 aliphatic heterocycles. The van der Waals surface area contributed by atoms with Crippen LogP contribution in [-0.4, -0.2) is 12.4 Å². The number of carbonyl (C=O) groups is 1. The molecular formula is C14H12O2. The fraction of sp³-hybridized carbons (Fsp3) is 0.0714. The van der Waals surface area contributed by atoms with Gasteiger partial charge >= 0.3 is 0 Å². The Hall–Kier alpha value is -2.09. The molecule has 0 amide bonds. The second-order valence-corrected chi connectivity index (χ2v) is 3.39. The molecule has 2 rings (SSSR count). The fourth-order valence-electron chi connectivity index (χ4n) is 1.37. The maximum atomic E-state index is 11.7. The van der Waals surface area contributed by atoms with Gasteiger partial charge in [-0.05, 0) is 12.1 Å². The molecule has 2 aromatic carbocycles. The number of para-hydroxylation sites is 1. The molecule has 0 atom stereocenters. The summed E-state index contributed by atoms with van der Waals surface area (Å²) in [6.07, 6.45) is 0. The van der Waals surface area contributed by atoms with Gasteiger partial charge in [0.15, 0.2) is 12.4 Å². The van der Waals surface area contributed by atoms with Crippen molar-refractivity contribution in [3.05, 3.63) is 66.2 Å². The van der Waals surface area contributed by atoms with Gasteiger partial charge in [-0.2, -0.15) is 0 Å². The Morgan fingerprint density at radius 1 is 0.875 bits per heavy atom. The molecule has 0 aromatic heterocycles. The molecule has 80 valence electrons. The molecule has 2 heteroatoms. The summed E-state index contributed by atoms with van der Waals surface area (Å²) in [5.74, 6) is 0.705. The van der Waals surface area contributed by atoms with Crippen LogP contribution in [0.15, 0.2) is 60.7 Å². The van der Waals surface area contributed by atoms with Gasteiger partial charge in [-0.3, -0.25) is 4.79 Å². The van der Waals surface area contributed by atoms with Crippen LogP contribution in [0.5, 0.6) is 5.75 Å². The van der Waals surface area contributed by atoms with Crippen molar-refractivity contribution in [2.75, 3.05) is 6.61 Å². The van der Waals surface area contributed by atoms with Gasteiger partial charge < -0.3 is 4.74 Å². The van der Waals surface area contributed by atoms with Crippen LogP contribution in [0.4, 0.5) is 0 Å². The largest absolute Gasteiger partial charge is 0.485 e. The van der Waals surface area contributed by atoms with E-state index in [1.54, 1.807) is 12.1 Å². The topological polar surface area (TPSA) is 26.3 Å². The molecule has 0 saturated heterocycles. The van der Waals surface area contributed by atoms with Crippen LogP contribution in [0.3, 0.4) is 0 Å². The van der Waals surface area contributed by atoms with Gasteiger partial charge in [-0.1, -0.05) is 48.5 Å². The van der Waals surface area contributed by atoms with Crippen LogP contribution in [0, 0.1) is 0 Å². The van der Waals surface area contributed by atoms with Gasteiger partial charge in [0.05, 0.1) is 0 Å². The van der Waals surface area contributed by atoms with Crippen molar-refractivity contribution in [2.24, 2.45) is 0 Å². The lowest BCUT2D eigenvalue weighted by molar-refractivity contribution is 0.0921. The van der Waals surface area contributed by atoms with Gasteiger partial charge in [0.25, 0.3) is 0 Å². The highest BCUT2D eigenvalue weighted by Gasteiger charge is 2.05. The van der Waals surface area contributed by atoms with Crippen molar-refractivity contribution < 1.29 is 9.53 Å². The van der Waals surface area contributed by atoms with Crippen LogP contribution in [-0.2, 0) is 0 Å². The summed E-state index contributed by atoms with van der Waals surface area (Å²) in [7, 11) is 0. The van der Waals surface area contributed by atoms with Crippen molar-refractivity contribution in [2.45, 2.75) is 0 Å². The number of rotatable bonds is 4. The molecule has 0 aliphatic carbocycles. The highest BCUT2D eigenvalue weighted by atomic mass is 16.5. The van der Waals surface area contributed by atoms with E-state index < -0.39 is 0 Å². The van der Waals surface area contributed by atoms with Crippen molar-refractivity contribution in [3.63, 3.8) is 0 Å².